The molecule has 140 valence electrons. The van der Waals surface area contributed by atoms with Gasteiger partial charge in [-0.1, -0.05) is 33.6 Å². The predicted molar refractivity (Wildman–Crippen MR) is 99.9 cm³/mol. The van der Waals surface area contributed by atoms with Crippen molar-refractivity contribution in [3.8, 4) is 5.88 Å². The molecule has 1 fully saturated rings. The van der Waals surface area contributed by atoms with Crippen LogP contribution in [0.3, 0.4) is 0 Å². The summed E-state index contributed by atoms with van der Waals surface area (Å²) in [6.45, 7) is 7.67. The molecule has 0 unspecified atom stereocenters. The molecule has 0 bridgehead atoms. The topological polar surface area (TPSA) is 60.5 Å². The molecule has 0 aliphatic heterocycles. The Balaban J connectivity index is 1.99. The van der Waals surface area contributed by atoms with Crippen molar-refractivity contribution in [1.29, 1.82) is 0 Å². The van der Waals surface area contributed by atoms with Crippen LogP contribution in [0.4, 0.5) is 5.69 Å². The summed E-state index contributed by atoms with van der Waals surface area (Å²) in [4.78, 5) is 17.2. The van der Waals surface area contributed by atoms with Crippen LogP contribution in [0.2, 0.25) is 0 Å². The number of anilines is 1. The van der Waals surface area contributed by atoms with E-state index in [1.54, 1.807) is 12.3 Å². The molecule has 1 N–H and O–H groups in total. The first-order valence-corrected chi connectivity index (χ1v) is 9.64. The summed E-state index contributed by atoms with van der Waals surface area (Å²) in [5, 5.41) is 2.99. The molecule has 1 heterocycles. The van der Waals surface area contributed by atoms with Crippen LogP contribution in [-0.4, -0.2) is 29.7 Å². The van der Waals surface area contributed by atoms with Gasteiger partial charge >= 0.3 is 0 Å². The fourth-order valence-corrected chi connectivity index (χ4v) is 3.31. The molecule has 5 nitrogen and oxygen atoms in total. The summed E-state index contributed by atoms with van der Waals surface area (Å²) in [5.41, 5.74) is -0.0187. The Morgan fingerprint density at radius 3 is 2.80 bits per heavy atom. The number of rotatable bonds is 9. The number of unbranched alkanes of at least 4 members (excludes halogenated alkanes) is 1. The zero-order valence-electron chi connectivity index (χ0n) is 15.8. The van der Waals surface area contributed by atoms with Crippen molar-refractivity contribution in [2.24, 2.45) is 5.92 Å². The normalized spacial score (nSPS) is 23.2. The summed E-state index contributed by atoms with van der Waals surface area (Å²) >= 11 is 0. The highest BCUT2D eigenvalue weighted by molar-refractivity contribution is 5.97. The van der Waals surface area contributed by atoms with Crippen LogP contribution in [0.15, 0.2) is 18.3 Å². The first kappa shape index (κ1) is 19.7. The minimum absolute atomic E-state index is 0.0473. The Hall–Kier alpha value is -1.62. The zero-order valence-corrected chi connectivity index (χ0v) is 15.8. The quantitative estimate of drug-likeness (QED) is 0.664. The first-order chi connectivity index (χ1) is 12.1. The number of amides is 1. The number of pyridine rings is 1. The van der Waals surface area contributed by atoms with Gasteiger partial charge in [-0.2, -0.15) is 0 Å². The molecule has 2 atom stereocenters. The smallest absolute Gasteiger partial charge is 0.256 e. The predicted octanol–water partition coefficient (Wildman–Crippen LogP) is 4.57. The van der Waals surface area contributed by atoms with Crippen molar-refractivity contribution >= 4 is 11.6 Å². The van der Waals surface area contributed by atoms with Crippen molar-refractivity contribution in [3.05, 3.63) is 18.3 Å². The molecule has 1 saturated carbocycles. The van der Waals surface area contributed by atoms with Gasteiger partial charge in [0.2, 0.25) is 5.88 Å². The second-order valence-electron chi connectivity index (χ2n) is 7.09. The lowest BCUT2D eigenvalue weighted by atomic mass is 9.78. The SMILES string of the molecule is CCCCOc1ccc(NC(=O)[C@]2(OCCC)CCC[C@@H](C)C2)cn1. The lowest BCUT2D eigenvalue weighted by molar-refractivity contribution is -0.148. The van der Waals surface area contributed by atoms with Gasteiger partial charge in [0.25, 0.3) is 5.91 Å². The Morgan fingerprint density at radius 2 is 2.16 bits per heavy atom. The molecular formula is C20H32N2O3. The third-order valence-electron chi connectivity index (χ3n) is 4.69. The second kappa shape index (κ2) is 9.76. The van der Waals surface area contributed by atoms with Crippen LogP contribution in [0.1, 0.15) is 65.7 Å². The molecule has 0 radical (unpaired) electrons. The van der Waals surface area contributed by atoms with E-state index >= 15 is 0 Å². The van der Waals surface area contributed by atoms with Crippen molar-refractivity contribution < 1.29 is 14.3 Å². The van der Waals surface area contributed by atoms with Crippen molar-refractivity contribution in [1.82, 2.24) is 4.98 Å². The van der Waals surface area contributed by atoms with Crippen LogP contribution in [-0.2, 0) is 9.53 Å². The number of ether oxygens (including phenoxy) is 2. The maximum Gasteiger partial charge on any atom is 0.256 e. The molecule has 1 aromatic heterocycles. The third kappa shape index (κ3) is 5.70. The number of hydrogen-bond acceptors (Lipinski definition) is 4. The van der Waals surface area contributed by atoms with Gasteiger partial charge in [0.05, 0.1) is 18.5 Å². The monoisotopic (exact) mass is 348 g/mol. The fourth-order valence-electron chi connectivity index (χ4n) is 3.31. The molecule has 1 aromatic rings. The minimum Gasteiger partial charge on any atom is -0.478 e. The molecule has 0 aromatic carbocycles. The zero-order chi connectivity index (χ0) is 18.1. The maximum absolute atomic E-state index is 12.9. The third-order valence-corrected chi connectivity index (χ3v) is 4.69. The number of carbonyl (C=O) groups excluding carboxylic acids is 1. The van der Waals surface area contributed by atoms with Gasteiger partial charge in [-0.15, -0.1) is 0 Å². The molecular weight excluding hydrogens is 316 g/mol. The number of carbonyl (C=O) groups is 1. The highest BCUT2D eigenvalue weighted by Gasteiger charge is 2.42. The Morgan fingerprint density at radius 1 is 1.32 bits per heavy atom. The van der Waals surface area contributed by atoms with Crippen molar-refractivity contribution in [3.63, 3.8) is 0 Å². The average Bonchev–Trinajstić information content (AvgIpc) is 2.61. The standard InChI is InChI=1S/C20H32N2O3/c1-4-6-13-24-18-10-9-17(15-21-18)22-19(23)20(25-12-5-2)11-7-8-16(3)14-20/h9-10,15-16H,4-8,11-14H2,1-3H3,(H,22,23)/t16-,20+/m1/s1. The van der Waals surface area contributed by atoms with Crippen LogP contribution in [0.25, 0.3) is 0 Å². The van der Waals surface area contributed by atoms with Gasteiger partial charge < -0.3 is 14.8 Å². The average molecular weight is 348 g/mol. The lowest BCUT2D eigenvalue weighted by Gasteiger charge is -2.38. The maximum atomic E-state index is 12.9. The molecule has 2 rings (SSSR count). The number of aromatic nitrogens is 1. The van der Waals surface area contributed by atoms with Gasteiger partial charge in [-0.3, -0.25) is 4.79 Å². The van der Waals surface area contributed by atoms with Gasteiger partial charge in [0.15, 0.2) is 0 Å². The summed E-state index contributed by atoms with van der Waals surface area (Å²) < 4.78 is 11.6. The molecule has 0 spiro atoms. The van der Waals surface area contributed by atoms with Gasteiger partial charge in [-0.25, -0.2) is 4.98 Å². The lowest BCUT2D eigenvalue weighted by Crippen LogP contribution is -2.48. The van der Waals surface area contributed by atoms with E-state index in [1.807, 2.05) is 6.07 Å². The Labute approximate surface area is 151 Å². The largest absolute Gasteiger partial charge is 0.478 e. The van der Waals surface area contributed by atoms with E-state index in [2.05, 4.69) is 31.1 Å². The van der Waals surface area contributed by atoms with Crippen molar-refractivity contribution in [2.75, 3.05) is 18.5 Å². The van der Waals surface area contributed by atoms with Gasteiger partial charge in [-0.05, 0) is 44.1 Å². The molecule has 1 aliphatic carbocycles. The molecule has 1 amide bonds. The highest BCUT2D eigenvalue weighted by atomic mass is 16.5. The molecule has 1 aliphatic rings. The molecule has 25 heavy (non-hydrogen) atoms. The number of hydrogen-bond donors (Lipinski definition) is 1. The van der Waals surface area contributed by atoms with Crippen LogP contribution < -0.4 is 10.1 Å². The van der Waals surface area contributed by atoms with Crippen LogP contribution in [0.5, 0.6) is 5.88 Å². The Bertz CT molecular complexity index is 532. The van der Waals surface area contributed by atoms with E-state index in [9.17, 15) is 4.79 Å². The van der Waals surface area contributed by atoms with Crippen molar-refractivity contribution in [2.45, 2.75) is 71.3 Å². The van der Waals surface area contributed by atoms with Crippen LogP contribution in [0, 0.1) is 5.92 Å². The summed E-state index contributed by atoms with van der Waals surface area (Å²) in [7, 11) is 0. The van der Waals surface area contributed by atoms with E-state index in [0.29, 0.717) is 30.7 Å². The number of nitrogens with one attached hydrogen (secondary N) is 1. The molecule has 0 saturated heterocycles. The fraction of sp³-hybridized carbons (Fsp3) is 0.700. The highest BCUT2D eigenvalue weighted by Crippen LogP contribution is 2.36. The summed E-state index contributed by atoms with van der Waals surface area (Å²) in [6, 6.07) is 3.64. The summed E-state index contributed by atoms with van der Waals surface area (Å²) in [6.07, 6.45) is 8.42. The minimum atomic E-state index is -0.704. The van der Waals surface area contributed by atoms with E-state index in [4.69, 9.17) is 9.47 Å². The van der Waals surface area contributed by atoms with Gasteiger partial charge in [0, 0.05) is 12.7 Å². The second-order valence-corrected chi connectivity index (χ2v) is 7.09. The number of nitrogens with zero attached hydrogens (tertiary/aromatic N) is 1. The summed E-state index contributed by atoms with van der Waals surface area (Å²) in [5.74, 6) is 1.05. The first-order valence-electron chi connectivity index (χ1n) is 9.64. The van der Waals surface area contributed by atoms with E-state index < -0.39 is 5.60 Å². The van der Waals surface area contributed by atoms with E-state index in [1.165, 1.54) is 0 Å². The van der Waals surface area contributed by atoms with Crippen LogP contribution >= 0.6 is 0 Å². The van der Waals surface area contributed by atoms with E-state index in [0.717, 1.165) is 44.9 Å². The van der Waals surface area contributed by atoms with E-state index in [-0.39, 0.29) is 5.91 Å². The molecule has 5 heteroatoms. The Kier molecular flexibility index (Phi) is 7.69. The van der Waals surface area contributed by atoms with Gasteiger partial charge in [0.1, 0.15) is 5.60 Å².